The maximum atomic E-state index is 11.3. The zero-order chi connectivity index (χ0) is 12.7. The Labute approximate surface area is 105 Å². The Bertz CT molecular complexity index is 630. The number of aromatic nitrogens is 2. The van der Waals surface area contributed by atoms with Crippen molar-refractivity contribution in [3.8, 4) is 11.1 Å². The van der Waals surface area contributed by atoms with Gasteiger partial charge >= 0.3 is 0 Å². The predicted octanol–water partition coefficient (Wildman–Crippen LogP) is 1.04. The zero-order valence-electron chi connectivity index (χ0n) is 10.1. The highest BCUT2D eigenvalue weighted by atomic mass is 16.1. The van der Waals surface area contributed by atoms with E-state index in [0.717, 1.165) is 28.1 Å². The summed E-state index contributed by atoms with van der Waals surface area (Å²) < 4.78 is 1.76. The van der Waals surface area contributed by atoms with Crippen molar-refractivity contribution in [2.24, 2.45) is 12.8 Å². The fraction of sp³-hybridized carbons (Fsp3) is 0.231. The largest absolute Gasteiger partial charge is 0.326 e. The molecule has 2 aromatic rings. The molecule has 18 heavy (non-hydrogen) atoms. The smallest absolute Gasteiger partial charge is 0.228 e. The number of rotatable bonds is 2. The molecule has 5 nitrogen and oxygen atoms in total. The van der Waals surface area contributed by atoms with Gasteiger partial charge in [-0.3, -0.25) is 9.48 Å². The minimum Gasteiger partial charge on any atom is -0.326 e. The minimum absolute atomic E-state index is 0.0485. The van der Waals surface area contributed by atoms with Crippen LogP contribution >= 0.6 is 0 Å². The molecule has 1 amide bonds. The van der Waals surface area contributed by atoms with Crippen molar-refractivity contribution in [2.75, 3.05) is 5.32 Å². The van der Waals surface area contributed by atoms with E-state index in [1.165, 1.54) is 0 Å². The van der Waals surface area contributed by atoms with E-state index in [1.807, 2.05) is 31.4 Å². The van der Waals surface area contributed by atoms with E-state index in [1.54, 1.807) is 4.68 Å². The highest BCUT2D eigenvalue weighted by Crippen LogP contribution is 2.30. The molecule has 5 heteroatoms. The highest BCUT2D eigenvalue weighted by Gasteiger charge is 2.18. The van der Waals surface area contributed by atoms with E-state index >= 15 is 0 Å². The summed E-state index contributed by atoms with van der Waals surface area (Å²) >= 11 is 0. The van der Waals surface area contributed by atoms with Crippen LogP contribution in [0, 0.1) is 0 Å². The third-order valence-corrected chi connectivity index (χ3v) is 3.14. The molecule has 3 N–H and O–H groups in total. The summed E-state index contributed by atoms with van der Waals surface area (Å²) in [6.07, 6.45) is 2.40. The van der Waals surface area contributed by atoms with Crippen LogP contribution in [0.2, 0.25) is 0 Å². The lowest BCUT2D eigenvalue weighted by atomic mass is 10.0. The normalized spacial score (nSPS) is 13.6. The van der Waals surface area contributed by atoms with Gasteiger partial charge in [0, 0.05) is 31.0 Å². The number of fused-ring (bicyclic) bond motifs is 1. The molecule has 92 valence electrons. The number of anilines is 1. The van der Waals surface area contributed by atoms with Crippen LogP contribution in [-0.2, 0) is 24.8 Å². The van der Waals surface area contributed by atoms with Crippen molar-refractivity contribution in [2.45, 2.75) is 13.0 Å². The second-order valence-electron chi connectivity index (χ2n) is 4.46. The Kier molecular flexibility index (Phi) is 2.41. The van der Waals surface area contributed by atoms with Crippen molar-refractivity contribution < 1.29 is 4.79 Å². The summed E-state index contributed by atoms with van der Waals surface area (Å²) in [5.41, 5.74) is 10.6. The van der Waals surface area contributed by atoms with Crippen LogP contribution < -0.4 is 11.1 Å². The maximum absolute atomic E-state index is 11.3. The molecule has 0 atom stereocenters. The number of aryl methyl sites for hydroxylation is 1. The third kappa shape index (κ3) is 1.69. The predicted molar refractivity (Wildman–Crippen MR) is 68.9 cm³/mol. The lowest BCUT2D eigenvalue weighted by molar-refractivity contribution is -0.115. The Morgan fingerprint density at radius 1 is 1.50 bits per heavy atom. The first-order valence-electron chi connectivity index (χ1n) is 5.83. The van der Waals surface area contributed by atoms with Crippen molar-refractivity contribution in [3.05, 3.63) is 35.7 Å². The van der Waals surface area contributed by atoms with Crippen LogP contribution in [-0.4, -0.2) is 15.7 Å². The van der Waals surface area contributed by atoms with Gasteiger partial charge in [0.05, 0.1) is 12.1 Å². The van der Waals surface area contributed by atoms with Crippen LogP contribution in [0.1, 0.15) is 11.3 Å². The van der Waals surface area contributed by atoms with E-state index < -0.39 is 0 Å². The van der Waals surface area contributed by atoms with Crippen molar-refractivity contribution >= 4 is 11.6 Å². The van der Waals surface area contributed by atoms with Gasteiger partial charge in [0.2, 0.25) is 5.91 Å². The number of hydrogen-bond acceptors (Lipinski definition) is 3. The quantitative estimate of drug-likeness (QED) is 0.826. The average molecular weight is 242 g/mol. The third-order valence-electron chi connectivity index (χ3n) is 3.14. The van der Waals surface area contributed by atoms with Gasteiger partial charge in [0.25, 0.3) is 0 Å². The lowest BCUT2D eigenvalue weighted by Crippen LogP contribution is -2.03. The number of carbonyl (C=O) groups is 1. The molecular weight excluding hydrogens is 228 g/mol. The van der Waals surface area contributed by atoms with E-state index in [-0.39, 0.29) is 5.91 Å². The summed E-state index contributed by atoms with van der Waals surface area (Å²) in [7, 11) is 1.88. The van der Waals surface area contributed by atoms with Gasteiger partial charge in [0.15, 0.2) is 0 Å². The van der Waals surface area contributed by atoms with Gasteiger partial charge in [-0.15, -0.1) is 0 Å². The van der Waals surface area contributed by atoms with Crippen LogP contribution in [0.3, 0.4) is 0 Å². The van der Waals surface area contributed by atoms with Crippen LogP contribution in [0.5, 0.6) is 0 Å². The Morgan fingerprint density at radius 3 is 3.11 bits per heavy atom. The molecule has 0 spiro atoms. The molecule has 0 saturated heterocycles. The minimum atomic E-state index is 0.0485. The number of nitrogens with one attached hydrogen (secondary N) is 1. The average Bonchev–Trinajstić information content (AvgIpc) is 2.89. The molecule has 0 fully saturated rings. The second kappa shape index (κ2) is 3.96. The highest BCUT2D eigenvalue weighted by molar-refractivity contribution is 5.99. The first-order chi connectivity index (χ1) is 8.67. The summed E-state index contributed by atoms with van der Waals surface area (Å²) in [4.78, 5) is 11.3. The number of nitrogens with zero attached hydrogens (tertiary/aromatic N) is 2. The number of hydrogen-bond donors (Lipinski definition) is 2. The SMILES string of the molecule is Cn1cc(-c2ccc3c(c2)CC(=O)N3)c(CN)n1. The summed E-state index contributed by atoms with van der Waals surface area (Å²) in [6.45, 7) is 0.407. The standard InChI is InChI=1S/C13H14N4O/c1-17-7-10(12(6-14)16-17)8-2-3-11-9(4-8)5-13(18)15-11/h2-4,7H,5-6,14H2,1H3,(H,15,18). The van der Waals surface area contributed by atoms with Gasteiger partial charge in [-0.05, 0) is 23.3 Å². The van der Waals surface area contributed by atoms with E-state index in [0.29, 0.717) is 13.0 Å². The number of nitrogens with two attached hydrogens (primary N) is 1. The van der Waals surface area contributed by atoms with Crippen molar-refractivity contribution in [3.63, 3.8) is 0 Å². The molecule has 1 aliphatic heterocycles. The molecule has 0 aliphatic carbocycles. The fourth-order valence-electron chi connectivity index (χ4n) is 2.32. The zero-order valence-corrected chi connectivity index (χ0v) is 10.1. The van der Waals surface area contributed by atoms with E-state index in [4.69, 9.17) is 5.73 Å². The number of benzene rings is 1. The maximum Gasteiger partial charge on any atom is 0.228 e. The first kappa shape index (κ1) is 11.0. The van der Waals surface area contributed by atoms with E-state index in [9.17, 15) is 4.79 Å². The number of carbonyl (C=O) groups excluding carboxylic acids is 1. The monoisotopic (exact) mass is 242 g/mol. The molecule has 0 radical (unpaired) electrons. The van der Waals surface area contributed by atoms with Crippen LogP contribution in [0.25, 0.3) is 11.1 Å². The first-order valence-corrected chi connectivity index (χ1v) is 5.83. The Hall–Kier alpha value is -2.14. The summed E-state index contributed by atoms with van der Waals surface area (Å²) in [5, 5.41) is 7.15. The Morgan fingerprint density at radius 2 is 2.33 bits per heavy atom. The van der Waals surface area contributed by atoms with Gasteiger partial charge in [-0.1, -0.05) is 6.07 Å². The molecule has 1 aromatic heterocycles. The van der Waals surface area contributed by atoms with Crippen LogP contribution in [0.15, 0.2) is 24.4 Å². The Balaban J connectivity index is 2.08. The van der Waals surface area contributed by atoms with Crippen molar-refractivity contribution in [1.29, 1.82) is 0 Å². The van der Waals surface area contributed by atoms with Gasteiger partial charge in [-0.2, -0.15) is 5.10 Å². The molecule has 2 heterocycles. The van der Waals surface area contributed by atoms with Gasteiger partial charge < -0.3 is 11.1 Å². The van der Waals surface area contributed by atoms with Crippen LogP contribution in [0.4, 0.5) is 5.69 Å². The molecule has 0 bridgehead atoms. The molecule has 1 aliphatic rings. The van der Waals surface area contributed by atoms with E-state index in [2.05, 4.69) is 10.4 Å². The molecule has 0 unspecified atom stereocenters. The van der Waals surface area contributed by atoms with Gasteiger partial charge in [-0.25, -0.2) is 0 Å². The molecule has 1 aromatic carbocycles. The number of amides is 1. The second-order valence-corrected chi connectivity index (χ2v) is 4.46. The topological polar surface area (TPSA) is 72.9 Å². The van der Waals surface area contributed by atoms with Gasteiger partial charge in [0.1, 0.15) is 0 Å². The molecule has 0 saturated carbocycles. The summed E-state index contributed by atoms with van der Waals surface area (Å²) in [6, 6.07) is 5.95. The summed E-state index contributed by atoms with van der Waals surface area (Å²) in [5.74, 6) is 0.0485. The fourth-order valence-corrected chi connectivity index (χ4v) is 2.32. The lowest BCUT2D eigenvalue weighted by Gasteiger charge is -2.03. The van der Waals surface area contributed by atoms with Crippen molar-refractivity contribution in [1.82, 2.24) is 9.78 Å². The molecular formula is C13H14N4O. The molecule has 3 rings (SSSR count).